The van der Waals surface area contributed by atoms with Crippen LogP contribution in [0.3, 0.4) is 0 Å². The van der Waals surface area contributed by atoms with Gasteiger partial charge in [-0.2, -0.15) is 0 Å². The van der Waals surface area contributed by atoms with Crippen LogP contribution in [0.15, 0.2) is 59.5 Å². The van der Waals surface area contributed by atoms with Crippen LogP contribution in [0.4, 0.5) is 0 Å². The minimum absolute atomic E-state index is 0.252. The third kappa shape index (κ3) is 8.28. The minimum atomic E-state index is -0.252. The number of benzene rings is 2. The van der Waals surface area contributed by atoms with E-state index in [1.165, 1.54) is 16.9 Å². The van der Waals surface area contributed by atoms with Crippen molar-refractivity contribution >= 4 is 11.8 Å². The smallest absolute Gasteiger partial charge is 0.197 e. The fourth-order valence-electron chi connectivity index (χ4n) is 3.31. The second-order valence-corrected chi connectivity index (χ2v) is 10.1. The summed E-state index contributed by atoms with van der Waals surface area (Å²) in [4.78, 5) is 1.27. The van der Waals surface area contributed by atoms with Gasteiger partial charge >= 0.3 is 0 Å². The SMILES string of the molecule is CC(OCCSc1ccccc1)Oc1ccc(C(CC(C)(C)C)C(C)C)cc1. The van der Waals surface area contributed by atoms with Gasteiger partial charge in [0.05, 0.1) is 6.61 Å². The number of hydrogen-bond acceptors (Lipinski definition) is 3. The summed E-state index contributed by atoms with van der Waals surface area (Å²) in [6, 6.07) is 19.0. The van der Waals surface area contributed by atoms with Crippen molar-refractivity contribution < 1.29 is 9.47 Å². The van der Waals surface area contributed by atoms with Crippen LogP contribution >= 0.6 is 11.8 Å². The molecule has 0 amide bonds. The molecular formula is C25H36O2S. The lowest BCUT2D eigenvalue weighted by molar-refractivity contribution is -0.0602. The highest BCUT2D eigenvalue weighted by Gasteiger charge is 2.23. The Bertz CT molecular complexity index is 674. The molecule has 3 heteroatoms. The van der Waals surface area contributed by atoms with Gasteiger partial charge in [-0.1, -0.05) is 65.0 Å². The van der Waals surface area contributed by atoms with Gasteiger partial charge in [0.1, 0.15) is 5.75 Å². The second kappa shape index (κ2) is 10.9. The van der Waals surface area contributed by atoms with Crippen molar-refractivity contribution in [1.82, 2.24) is 0 Å². The first-order valence-electron chi connectivity index (χ1n) is 10.3. The Morgan fingerprint density at radius 3 is 2.11 bits per heavy atom. The lowest BCUT2D eigenvalue weighted by Crippen LogP contribution is -2.18. The van der Waals surface area contributed by atoms with Crippen LogP contribution in [0, 0.1) is 11.3 Å². The van der Waals surface area contributed by atoms with Gasteiger partial charge in [0.15, 0.2) is 6.29 Å². The first-order valence-corrected chi connectivity index (χ1v) is 11.3. The summed E-state index contributed by atoms with van der Waals surface area (Å²) in [7, 11) is 0. The van der Waals surface area contributed by atoms with Crippen LogP contribution in [0.2, 0.25) is 0 Å². The largest absolute Gasteiger partial charge is 0.465 e. The van der Waals surface area contributed by atoms with E-state index in [0.29, 0.717) is 23.9 Å². The van der Waals surface area contributed by atoms with Crippen LogP contribution in [0.25, 0.3) is 0 Å². The first kappa shape index (κ1) is 22.8. The molecule has 0 heterocycles. The Morgan fingerprint density at radius 1 is 0.893 bits per heavy atom. The molecule has 0 radical (unpaired) electrons. The molecule has 0 N–H and O–H groups in total. The fourth-order valence-corrected chi connectivity index (χ4v) is 4.07. The average Bonchev–Trinajstić information content (AvgIpc) is 2.64. The Kier molecular flexibility index (Phi) is 8.91. The van der Waals surface area contributed by atoms with Crippen molar-refractivity contribution in [3.05, 3.63) is 60.2 Å². The van der Waals surface area contributed by atoms with Gasteiger partial charge in [-0.05, 0) is 60.4 Å². The monoisotopic (exact) mass is 400 g/mol. The van der Waals surface area contributed by atoms with Crippen molar-refractivity contribution in [2.24, 2.45) is 11.3 Å². The number of ether oxygens (including phenoxy) is 2. The fraction of sp³-hybridized carbons (Fsp3) is 0.520. The summed E-state index contributed by atoms with van der Waals surface area (Å²) >= 11 is 1.80. The van der Waals surface area contributed by atoms with Crippen molar-refractivity contribution in [2.45, 2.75) is 65.1 Å². The average molecular weight is 401 g/mol. The molecule has 0 saturated carbocycles. The summed E-state index contributed by atoms with van der Waals surface area (Å²) in [6.07, 6.45) is 0.932. The molecule has 0 aromatic heterocycles. The van der Waals surface area contributed by atoms with Crippen LogP contribution in [0.1, 0.15) is 59.4 Å². The van der Waals surface area contributed by atoms with Gasteiger partial charge in [0, 0.05) is 10.6 Å². The highest BCUT2D eigenvalue weighted by Crippen LogP contribution is 2.36. The van der Waals surface area contributed by atoms with Crippen LogP contribution in [-0.2, 0) is 4.74 Å². The molecule has 2 nitrogen and oxygen atoms in total. The van der Waals surface area contributed by atoms with E-state index < -0.39 is 0 Å². The molecule has 2 atom stereocenters. The maximum absolute atomic E-state index is 5.93. The molecule has 2 aromatic rings. The quantitative estimate of drug-likeness (QED) is 0.235. The normalized spacial score (nSPS) is 14.1. The predicted molar refractivity (Wildman–Crippen MR) is 121 cm³/mol. The Hall–Kier alpha value is -1.45. The molecule has 2 aromatic carbocycles. The van der Waals surface area contributed by atoms with Crippen LogP contribution < -0.4 is 4.74 Å². The third-order valence-corrected chi connectivity index (χ3v) is 5.67. The lowest BCUT2D eigenvalue weighted by Gasteiger charge is -2.29. The number of thioether (sulfide) groups is 1. The van der Waals surface area contributed by atoms with E-state index in [-0.39, 0.29) is 6.29 Å². The topological polar surface area (TPSA) is 18.5 Å². The molecule has 0 aliphatic carbocycles. The molecule has 0 aliphatic rings. The Morgan fingerprint density at radius 2 is 1.54 bits per heavy atom. The van der Waals surface area contributed by atoms with Gasteiger partial charge in [-0.25, -0.2) is 0 Å². The van der Waals surface area contributed by atoms with E-state index in [4.69, 9.17) is 9.47 Å². The Balaban J connectivity index is 1.80. The molecule has 2 unspecified atom stereocenters. The number of rotatable bonds is 10. The maximum atomic E-state index is 5.93. The molecule has 2 rings (SSSR count). The third-order valence-electron chi connectivity index (χ3n) is 4.70. The molecule has 0 spiro atoms. The van der Waals surface area contributed by atoms with Gasteiger partial charge in [0.25, 0.3) is 0 Å². The van der Waals surface area contributed by atoms with Gasteiger partial charge in [0.2, 0.25) is 0 Å². The van der Waals surface area contributed by atoms with E-state index in [1.807, 2.05) is 13.0 Å². The highest BCUT2D eigenvalue weighted by molar-refractivity contribution is 7.99. The minimum Gasteiger partial charge on any atom is -0.465 e. The Labute approximate surface area is 176 Å². The second-order valence-electron chi connectivity index (χ2n) is 8.90. The summed E-state index contributed by atoms with van der Waals surface area (Å²) < 4.78 is 11.7. The summed E-state index contributed by atoms with van der Waals surface area (Å²) in [5.74, 6) is 2.97. The molecule has 0 fully saturated rings. The zero-order chi connectivity index (χ0) is 20.6. The van der Waals surface area contributed by atoms with Gasteiger partial charge in [-0.15, -0.1) is 11.8 Å². The van der Waals surface area contributed by atoms with Crippen molar-refractivity contribution in [3.63, 3.8) is 0 Å². The maximum Gasteiger partial charge on any atom is 0.197 e. The highest BCUT2D eigenvalue weighted by atomic mass is 32.2. The lowest BCUT2D eigenvalue weighted by atomic mass is 9.76. The molecule has 0 saturated heterocycles. The summed E-state index contributed by atoms with van der Waals surface area (Å²) in [6.45, 7) is 14.2. The summed E-state index contributed by atoms with van der Waals surface area (Å²) in [5, 5.41) is 0. The molecular weight excluding hydrogens is 364 g/mol. The molecule has 0 bridgehead atoms. The van der Waals surface area contributed by atoms with E-state index in [1.54, 1.807) is 11.8 Å². The van der Waals surface area contributed by atoms with E-state index in [0.717, 1.165) is 11.5 Å². The van der Waals surface area contributed by atoms with Crippen LogP contribution in [0.5, 0.6) is 5.75 Å². The number of hydrogen-bond donors (Lipinski definition) is 0. The van der Waals surface area contributed by atoms with Crippen molar-refractivity contribution in [3.8, 4) is 5.75 Å². The standard InChI is InChI=1S/C25H36O2S/c1-19(2)24(18-25(4,5)6)21-12-14-22(15-13-21)27-20(3)26-16-17-28-23-10-8-7-9-11-23/h7-15,19-20,24H,16-18H2,1-6H3. The zero-order valence-corrected chi connectivity index (χ0v) is 19.1. The zero-order valence-electron chi connectivity index (χ0n) is 18.3. The van der Waals surface area contributed by atoms with Gasteiger partial charge in [-0.3, -0.25) is 0 Å². The van der Waals surface area contributed by atoms with Crippen molar-refractivity contribution in [1.29, 1.82) is 0 Å². The molecule has 0 aliphatic heterocycles. The first-order chi connectivity index (χ1) is 13.2. The van der Waals surface area contributed by atoms with Gasteiger partial charge < -0.3 is 9.47 Å². The van der Waals surface area contributed by atoms with E-state index in [9.17, 15) is 0 Å². The van der Waals surface area contributed by atoms with E-state index >= 15 is 0 Å². The molecule has 28 heavy (non-hydrogen) atoms. The van der Waals surface area contributed by atoms with Crippen LogP contribution in [-0.4, -0.2) is 18.6 Å². The predicted octanol–water partition coefficient (Wildman–Crippen LogP) is 7.40. The summed E-state index contributed by atoms with van der Waals surface area (Å²) in [5.41, 5.74) is 1.72. The van der Waals surface area contributed by atoms with E-state index in [2.05, 4.69) is 83.1 Å². The van der Waals surface area contributed by atoms with Crippen molar-refractivity contribution in [2.75, 3.05) is 12.4 Å². The molecule has 154 valence electrons.